The maximum absolute atomic E-state index is 12.9. The zero-order chi connectivity index (χ0) is 14.7. The Labute approximate surface area is 154 Å². The molecule has 1 N–H and O–H groups in total. The van der Waals surface area contributed by atoms with E-state index < -0.39 is 5.60 Å². The van der Waals surface area contributed by atoms with Crippen LogP contribution in [-0.2, 0) is 9.53 Å². The summed E-state index contributed by atoms with van der Waals surface area (Å²) < 4.78 is 5.65. The summed E-state index contributed by atoms with van der Waals surface area (Å²) in [5.74, 6) is 0.178. The van der Waals surface area contributed by atoms with Crippen molar-refractivity contribution in [1.29, 1.82) is 0 Å². The lowest BCUT2D eigenvalue weighted by Crippen LogP contribution is -2.59. The molecule has 3 heterocycles. The standard InChI is InChI=1S/C15H23N3O2S.2ClH/c1-20-15(4-6-16-7-5-15)14(19)18-10-8-17(9-11-18)13-3-2-12-21-13;;/h2-3,12,16H,4-11H2,1H3;2*1H. The second-order valence-corrected chi connectivity index (χ2v) is 6.61. The number of ether oxygens (including phenoxy) is 1. The van der Waals surface area contributed by atoms with Gasteiger partial charge in [-0.15, -0.1) is 36.2 Å². The number of halogens is 2. The quantitative estimate of drug-likeness (QED) is 0.869. The summed E-state index contributed by atoms with van der Waals surface area (Å²) in [4.78, 5) is 17.2. The van der Waals surface area contributed by atoms with Gasteiger partial charge in [-0.2, -0.15) is 0 Å². The average molecular weight is 382 g/mol. The van der Waals surface area contributed by atoms with Crippen LogP contribution >= 0.6 is 36.2 Å². The lowest BCUT2D eigenvalue weighted by Gasteiger charge is -2.42. The highest BCUT2D eigenvalue weighted by atomic mass is 35.5. The molecule has 132 valence electrons. The highest BCUT2D eigenvalue weighted by Gasteiger charge is 2.42. The van der Waals surface area contributed by atoms with Gasteiger partial charge in [0.05, 0.1) is 5.00 Å². The number of piperazine rings is 1. The van der Waals surface area contributed by atoms with Crippen molar-refractivity contribution in [3.63, 3.8) is 0 Å². The van der Waals surface area contributed by atoms with Crippen molar-refractivity contribution in [2.24, 2.45) is 0 Å². The molecule has 2 aliphatic heterocycles. The Morgan fingerprint density at radius 3 is 2.39 bits per heavy atom. The van der Waals surface area contributed by atoms with E-state index in [0.29, 0.717) is 0 Å². The van der Waals surface area contributed by atoms with Crippen LogP contribution in [0.5, 0.6) is 0 Å². The van der Waals surface area contributed by atoms with E-state index in [1.54, 1.807) is 18.4 Å². The molecule has 1 amide bonds. The van der Waals surface area contributed by atoms with Crippen molar-refractivity contribution in [2.45, 2.75) is 18.4 Å². The topological polar surface area (TPSA) is 44.8 Å². The number of carbonyl (C=O) groups is 1. The fourth-order valence-corrected chi connectivity index (χ4v) is 3.99. The van der Waals surface area contributed by atoms with E-state index in [-0.39, 0.29) is 30.7 Å². The highest BCUT2D eigenvalue weighted by Crippen LogP contribution is 2.27. The molecule has 2 aliphatic rings. The molecule has 0 spiro atoms. The molecule has 8 heteroatoms. The number of carbonyl (C=O) groups excluding carboxylic acids is 1. The van der Waals surface area contributed by atoms with Crippen LogP contribution in [0.15, 0.2) is 17.5 Å². The van der Waals surface area contributed by atoms with Crippen LogP contribution in [0.4, 0.5) is 5.00 Å². The van der Waals surface area contributed by atoms with Gasteiger partial charge in [0, 0.05) is 33.3 Å². The molecular weight excluding hydrogens is 357 g/mol. The number of hydrogen-bond acceptors (Lipinski definition) is 5. The van der Waals surface area contributed by atoms with E-state index in [0.717, 1.165) is 52.1 Å². The normalized spacial score (nSPS) is 20.4. The maximum Gasteiger partial charge on any atom is 0.255 e. The molecule has 1 aromatic rings. The molecule has 0 aromatic carbocycles. The molecule has 0 aliphatic carbocycles. The van der Waals surface area contributed by atoms with Crippen molar-refractivity contribution in [1.82, 2.24) is 10.2 Å². The van der Waals surface area contributed by atoms with E-state index >= 15 is 0 Å². The molecule has 3 rings (SSSR count). The van der Waals surface area contributed by atoms with Gasteiger partial charge in [-0.3, -0.25) is 4.79 Å². The second-order valence-electron chi connectivity index (χ2n) is 5.68. The number of amides is 1. The number of rotatable bonds is 3. The molecule has 0 bridgehead atoms. The summed E-state index contributed by atoms with van der Waals surface area (Å²) in [5.41, 5.74) is -0.601. The van der Waals surface area contributed by atoms with Gasteiger partial charge in [-0.05, 0) is 43.4 Å². The Bertz CT molecular complexity index is 473. The molecule has 0 atom stereocenters. The predicted molar refractivity (Wildman–Crippen MR) is 99.5 cm³/mol. The van der Waals surface area contributed by atoms with Crippen LogP contribution in [0.2, 0.25) is 0 Å². The fraction of sp³-hybridized carbons (Fsp3) is 0.667. The number of piperidine rings is 1. The Morgan fingerprint density at radius 1 is 1.22 bits per heavy atom. The van der Waals surface area contributed by atoms with Gasteiger partial charge < -0.3 is 19.9 Å². The Kier molecular flexibility index (Phi) is 8.10. The first kappa shape index (κ1) is 20.5. The minimum absolute atomic E-state index is 0. The average Bonchev–Trinajstić information content (AvgIpc) is 3.09. The summed E-state index contributed by atoms with van der Waals surface area (Å²) in [6.07, 6.45) is 1.54. The molecule has 0 radical (unpaired) electrons. The molecule has 2 fully saturated rings. The van der Waals surface area contributed by atoms with E-state index in [9.17, 15) is 4.79 Å². The summed E-state index contributed by atoms with van der Waals surface area (Å²) in [7, 11) is 1.67. The van der Waals surface area contributed by atoms with Gasteiger partial charge in [-0.1, -0.05) is 0 Å². The fourth-order valence-electron chi connectivity index (χ4n) is 3.20. The summed E-state index contributed by atoms with van der Waals surface area (Å²) >= 11 is 1.76. The van der Waals surface area contributed by atoms with E-state index in [1.165, 1.54) is 5.00 Å². The molecule has 2 saturated heterocycles. The minimum atomic E-state index is -0.601. The second kappa shape index (κ2) is 9.08. The zero-order valence-corrected chi connectivity index (χ0v) is 15.8. The predicted octanol–water partition coefficient (Wildman–Crippen LogP) is 2.01. The zero-order valence-electron chi connectivity index (χ0n) is 13.3. The van der Waals surface area contributed by atoms with E-state index in [2.05, 4.69) is 27.7 Å². The number of thiophene rings is 1. The lowest BCUT2D eigenvalue weighted by atomic mass is 9.90. The van der Waals surface area contributed by atoms with Crippen LogP contribution in [0.3, 0.4) is 0 Å². The first-order valence-electron chi connectivity index (χ1n) is 7.59. The molecule has 0 saturated carbocycles. The SMILES string of the molecule is COC1(C(=O)N2CCN(c3cccs3)CC2)CCNCC1.Cl.Cl. The molecule has 5 nitrogen and oxygen atoms in total. The Balaban J connectivity index is 0.00000132. The van der Waals surface area contributed by atoms with E-state index in [4.69, 9.17) is 4.74 Å². The molecule has 0 unspecified atom stereocenters. The first-order valence-corrected chi connectivity index (χ1v) is 8.47. The van der Waals surface area contributed by atoms with Crippen LogP contribution < -0.4 is 10.2 Å². The van der Waals surface area contributed by atoms with Crippen LogP contribution in [-0.4, -0.2) is 62.8 Å². The molecule has 23 heavy (non-hydrogen) atoms. The largest absolute Gasteiger partial charge is 0.368 e. The minimum Gasteiger partial charge on any atom is -0.368 e. The van der Waals surface area contributed by atoms with Crippen LogP contribution in [0.25, 0.3) is 0 Å². The number of nitrogens with one attached hydrogen (secondary N) is 1. The number of nitrogens with zero attached hydrogens (tertiary/aromatic N) is 2. The smallest absolute Gasteiger partial charge is 0.255 e. The third-order valence-electron chi connectivity index (χ3n) is 4.58. The lowest BCUT2D eigenvalue weighted by molar-refractivity contribution is -0.158. The van der Waals surface area contributed by atoms with Crippen molar-refractivity contribution in [2.75, 3.05) is 51.3 Å². The van der Waals surface area contributed by atoms with Crippen molar-refractivity contribution in [3.05, 3.63) is 17.5 Å². The van der Waals surface area contributed by atoms with Gasteiger partial charge in [0.15, 0.2) is 0 Å². The Hall–Kier alpha value is -0.530. The number of hydrogen-bond donors (Lipinski definition) is 1. The van der Waals surface area contributed by atoms with Crippen LogP contribution in [0, 0.1) is 0 Å². The van der Waals surface area contributed by atoms with Crippen LogP contribution in [0.1, 0.15) is 12.8 Å². The van der Waals surface area contributed by atoms with Gasteiger partial charge in [-0.25, -0.2) is 0 Å². The highest BCUT2D eigenvalue weighted by molar-refractivity contribution is 7.14. The van der Waals surface area contributed by atoms with Gasteiger partial charge in [0.1, 0.15) is 5.60 Å². The molecular formula is C15H25Cl2N3O2S. The first-order chi connectivity index (χ1) is 10.2. The summed E-state index contributed by atoms with van der Waals surface area (Å²) in [5, 5.41) is 6.70. The van der Waals surface area contributed by atoms with Crippen molar-refractivity contribution < 1.29 is 9.53 Å². The number of anilines is 1. The van der Waals surface area contributed by atoms with Gasteiger partial charge in [0.2, 0.25) is 0 Å². The third-order valence-corrected chi connectivity index (χ3v) is 5.51. The summed E-state index contributed by atoms with van der Waals surface area (Å²) in [6, 6.07) is 4.22. The van der Waals surface area contributed by atoms with Crippen molar-refractivity contribution in [3.8, 4) is 0 Å². The summed E-state index contributed by atoms with van der Waals surface area (Å²) in [6.45, 7) is 5.10. The number of methoxy groups -OCH3 is 1. The van der Waals surface area contributed by atoms with Gasteiger partial charge >= 0.3 is 0 Å². The monoisotopic (exact) mass is 381 g/mol. The van der Waals surface area contributed by atoms with Gasteiger partial charge in [0.25, 0.3) is 5.91 Å². The van der Waals surface area contributed by atoms with E-state index in [1.807, 2.05) is 4.90 Å². The molecule has 1 aromatic heterocycles. The maximum atomic E-state index is 12.9. The Morgan fingerprint density at radius 2 is 1.87 bits per heavy atom. The van der Waals surface area contributed by atoms with Crippen molar-refractivity contribution >= 4 is 47.1 Å². The third kappa shape index (κ3) is 4.31.